The van der Waals surface area contributed by atoms with Crippen molar-refractivity contribution in [3.63, 3.8) is 0 Å². The molecule has 0 heterocycles. The standard InChI is InChI=1S/C3H5ClFS/c1-2-6-3(4)5/h2-3H,1H3. The van der Waals surface area contributed by atoms with E-state index in [0.29, 0.717) is 0 Å². The fraction of sp³-hybridized carbons (Fsp3) is 0.667. The predicted octanol–water partition coefficient (Wildman–Crippen LogP) is 2.39. The molecule has 6 heavy (non-hydrogen) atoms. The maximum absolute atomic E-state index is 11.4. The summed E-state index contributed by atoms with van der Waals surface area (Å²) in [7, 11) is 0. The molecule has 0 nitrogen and oxygen atoms in total. The SMILES string of the molecule is C[CH]SC(F)Cl. The van der Waals surface area contributed by atoms with E-state index in [0.717, 1.165) is 11.8 Å². The third-order valence-corrected chi connectivity index (χ3v) is 1.03. The highest BCUT2D eigenvalue weighted by Crippen LogP contribution is 2.17. The van der Waals surface area contributed by atoms with Gasteiger partial charge in [0, 0.05) is 5.75 Å². The summed E-state index contributed by atoms with van der Waals surface area (Å²) in [5, 5.41) is 0. The number of hydrogen-bond donors (Lipinski definition) is 0. The van der Waals surface area contributed by atoms with Crippen LogP contribution in [0.3, 0.4) is 0 Å². The molecular weight excluding hydrogens is 123 g/mol. The molecule has 0 aliphatic heterocycles. The molecule has 0 rings (SSSR count). The van der Waals surface area contributed by atoms with Crippen LogP contribution in [0.5, 0.6) is 0 Å². The van der Waals surface area contributed by atoms with E-state index in [1.807, 2.05) is 0 Å². The van der Waals surface area contributed by atoms with E-state index in [-0.39, 0.29) is 0 Å². The van der Waals surface area contributed by atoms with Crippen molar-refractivity contribution in [2.45, 2.75) is 11.9 Å². The molecule has 0 fully saturated rings. The molecular formula is C3H5ClFS. The Morgan fingerprint density at radius 2 is 2.50 bits per heavy atom. The largest absolute Gasteiger partial charge is 0.219 e. The zero-order valence-electron chi connectivity index (χ0n) is 3.32. The highest BCUT2D eigenvalue weighted by molar-refractivity contribution is 8.02. The van der Waals surface area contributed by atoms with Gasteiger partial charge in [-0.25, -0.2) is 4.39 Å². The number of alkyl halides is 2. The van der Waals surface area contributed by atoms with E-state index in [9.17, 15) is 4.39 Å². The second kappa shape index (κ2) is 3.75. The second-order valence-electron chi connectivity index (χ2n) is 0.632. The lowest BCUT2D eigenvalue weighted by Gasteiger charge is -1.89. The molecule has 0 aromatic heterocycles. The molecule has 1 unspecified atom stereocenters. The molecule has 37 valence electrons. The predicted molar refractivity (Wildman–Crippen MR) is 28.3 cm³/mol. The minimum atomic E-state index is -1.27. The van der Waals surface area contributed by atoms with Gasteiger partial charge in [-0.15, -0.1) is 11.8 Å². The lowest BCUT2D eigenvalue weighted by atomic mass is 11.0. The average Bonchev–Trinajstić information content (AvgIpc) is 1.35. The van der Waals surface area contributed by atoms with Crippen LogP contribution in [0, 0.1) is 5.75 Å². The van der Waals surface area contributed by atoms with Gasteiger partial charge in [0.25, 0.3) is 0 Å². The van der Waals surface area contributed by atoms with Gasteiger partial charge >= 0.3 is 0 Å². The molecule has 1 radical (unpaired) electrons. The zero-order chi connectivity index (χ0) is 4.99. The maximum atomic E-state index is 11.4. The van der Waals surface area contributed by atoms with Crippen molar-refractivity contribution in [1.82, 2.24) is 0 Å². The van der Waals surface area contributed by atoms with E-state index in [2.05, 4.69) is 0 Å². The molecule has 0 aromatic carbocycles. The minimum absolute atomic E-state index is 0.960. The first-order valence-electron chi connectivity index (χ1n) is 1.49. The van der Waals surface area contributed by atoms with E-state index in [1.54, 1.807) is 12.7 Å². The second-order valence-corrected chi connectivity index (χ2v) is 2.43. The Bertz CT molecular complexity index is 32.0. The third kappa shape index (κ3) is 4.57. The maximum Gasteiger partial charge on any atom is 0.219 e. The van der Waals surface area contributed by atoms with Crippen LogP contribution < -0.4 is 0 Å². The van der Waals surface area contributed by atoms with Crippen molar-refractivity contribution < 1.29 is 4.39 Å². The summed E-state index contributed by atoms with van der Waals surface area (Å²) in [6, 6.07) is 0. The van der Waals surface area contributed by atoms with E-state index in [1.165, 1.54) is 0 Å². The Kier molecular flexibility index (Phi) is 4.11. The van der Waals surface area contributed by atoms with Gasteiger partial charge in [-0.2, -0.15) is 0 Å². The molecule has 0 amide bonds. The van der Waals surface area contributed by atoms with E-state index < -0.39 is 4.96 Å². The van der Waals surface area contributed by atoms with Gasteiger partial charge in [0.15, 0.2) is 0 Å². The fourth-order valence-electron chi connectivity index (χ4n) is 0.103. The van der Waals surface area contributed by atoms with Crippen molar-refractivity contribution in [1.29, 1.82) is 0 Å². The lowest BCUT2D eigenvalue weighted by Crippen LogP contribution is -1.72. The lowest BCUT2D eigenvalue weighted by molar-refractivity contribution is 0.561. The average molecular weight is 128 g/mol. The van der Waals surface area contributed by atoms with Crippen LogP contribution in [-0.2, 0) is 0 Å². The summed E-state index contributed by atoms with van der Waals surface area (Å²) in [6.07, 6.45) is 0. The van der Waals surface area contributed by atoms with Crippen LogP contribution in [-0.4, -0.2) is 4.96 Å². The highest BCUT2D eigenvalue weighted by atomic mass is 35.5. The highest BCUT2D eigenvalue weighted by Gasteiger charge is 1.94. The van der Waals surface area contributed by atoms with Gasteiger partial charge in [-0.05, 0) is 0 Å². The van der Waals surface area contributed by atoms with Crippen LogP contribution in [0.1, 0.15) is 6.92 Å². The normalized spacial score (nSPS) is 14.5. The molecule has 1 atom stereocenters. The first-order valence-corrected chi connectivity index (χ1v) is 2.86. The van der Waals surface area contributed by atoms with Gasteiger partial charge in [0.2, 0.25) is 4.96 Å². The molecule has 0 aliphatic rings. The summed E-state index contributed by atoms with van der Waals surface area (Å²) < 4.78 is 11.4. The van der Waals surface area contributed by atoms with Crippen molar-refractivity contribution in [2.75, 3.05) is 0 Å². The molecule has 0 saturated carbocycles. The van der Waals surface area contributed by atoms with Crippen LogP contribution in [0.2, 0.25) is 0 Å². The van der Waals surface area contributed by atoms with Crippen LogP contribution >= 0.6 is 23.4 Å². The van der Waals surface area contributed by atoms with Gasteiger partial charge in [-0.1, -0.05) is 18.5 Å². The summed E-state index contributed by atoms with van der Waals surface area (Å²) in [4.78, 5) is -1.27. The van der Waals surface area contributed by atoms with Crippen LogP contribution in [0.25, 0.3) is 0 Å². The van der Waals surface area contributed by atoms with Gasteiger partial charge in [0.05, 0.1) is 0 Å². The number of thioether (sulfide) groups is 1. The molecule has 0 bridgehead atoms. The Morgan fingerprint density at radius 3 is 2.50 bits per heavy atom. The smallest absolute Gasteiger partial charge is 0.218 e. The number of rotatable bonds is 2. The van der Waals surface area contributed by atoms with E-state index >= 15 is 0 Å². The Morgan fingerprint density at radius 1 is 2.00 bits per heavy atom. The van der Waals surface area contributed by atoms with E-state index in [4.69, 9.17) is 11.6 Å². The monoisotopic (exact) mass is 127 g/mol. The Balaban J connectivity index is 2.63. The minimum Gasteiger partial charge on any atom is -0.218 e. The fourth-order valence-corrected chi connectivity index (χ4v) is 0.617. The number of hydrogen-bond acceptors (Lipinski definition) is 1. The summed E-state index contributed by atoms with van der Waals surface area (Å²) >= 11 is 5.80. The summed E-state index contributed by atoms with van der Waals surface area (Å²) in [6.45, 7) is 1.74. The Labute approximate surface area is 46.1 Å². The van der Waals surface area contributed by atoms with Crippen LogP contribution in [0.4, 0.5) is 4.39 Å². The van der Waals surface area contributed by atoms with Gasteiger partial charge < -0.3 is 0 Å². The molecule has 0 aromatic rings. The Hall–Kier alpha value is 0.570. The zero-order valence-corrected chi connectivity index (χ0v) is 4.89. The number of halogens is 2. The van der Waals surface area contributed by atoms with Gasteiger partial charge in [0.1, 0.15) is 0 Å². The first kappa shape index (κ1) is 6.57. The molecule has 0 saturated heterocycles. The van der Waals surface area contributed by atoms with Crippen molar-refractivity contribution in [3.8, 4) is 0 Å². The molecule has 0 N–H and O–H groups in total. The molecule has 3 heteroatoms. The van der Waals surface area contributed by atoms with Crippen molar-refractivity contribution in [2.24, 2.45) is 0 Å². The van der Waals surface area contributed by atoms with Crippen molar-refractivity contribution in [3.05, 3.63) is 5.75 Å². The summed E-state index contributed by atoms with van der Waals surface area (Å²) in [5.41, 5.74) is 0. The molecule has 0 aliphatic carbocycles. The topological polar surface area (TPSA) is 0 Å². The quantitative estimate of drug-likeness (QED) is 0.514. The molecule has 0 spiro atoms. The summed E-state index contributed by atoms with van der Waals surface area (Å²) in [5.74, 6) is 1.61. The van der Waals surface area contributed by atoms with Crippen molar-refractivity contribution >= 4 is 23.4 Å². The third-order valence-electron chi connectivity index (χ3n) is 0.239. The van der Waals surface area contributed by atoms with Gasteiger partial charge in [-0.3, -0.25) is 0 Å². The first-order chi connectivity index (χ1) is 2.77. The van der Waals surface area contributed by atoms with Crippen LogP contribution in [0.15, 0.2) is 0 Å².